The van der Waals surface area contributed by atoms with E-state index in [-0.39, 0.29) is 17.8 Å². The van der Waals surface area contributed by atoms with Crippen LogP contribution in [0.15, 0.2) is 60.7 Å². The monoisotopic (exact) mass is 381 g/mol. The van der Waals surface area contributed by atoms with Crippen LogP contribution in [-0.2, 0) is 4.79 Å². The smallest absolute Gasteiger partial charge is 0.227 e. The summed E-state index contributed by atoms with van der Waals surface area (Å²) in [5.74, 6) is -0.253. The minimum atomic E-state index is -0.804. The molecular weight excluding hydrogens is 361 g/mol. The molecule has 2 aromatic carbocycles. The van der Waals surface area contributed by atoms with E-state index < -0.39 is 6.10 Å². The van der Waals surface area contributed by atoms with Crippen molar-refractivity contribution in [1.29, 1.82) is 0 Å². The summed E-state index contributed by atoms with van der Waals surface area (Å²) in [6, 6.07) is 17.7. The van der Waals surface area contributed by atoms with Gasteiger partial charge in [0.15, 0.2) is 0 Å². The summed E-state index contributed by atoms with van der Waals surface area (Å²) >= 11 is 1.37. The molecule has 1 aliphatic heterocycles. The zero-order valence-electron chi connectivity index (χ0n) is 14.9. The van der Waals surface area contributed by atoms with Crippen molar-refractivity contribution < 1.29 is 14.3 Å². The van der Waals surface area contributed by atoms with Crippen LogP contribution in [-0.4, -0.2) is 17.1 Å². The van der Waals surface area contributed by atoms with Gasteiger partial charge in [-0.3, -0.25) is 4.79 Å². The molecule has 0 radical (unpaired) electrons. The van der Waals surface area contributed by atoms with Crippen molar-refractivity contribution in [2.24, 2.45) is 0 Å². The molecule has 27 heavy (non-hydrogen) atoms. The first-order chi connectivity index (χ1) is 13.1. The van der Waals surface area contributed by atoms with E-state index in [9.17, 15) is 14.3 Å². The second-order valence-electron chi connectivity index (χ2n) is 6.78. The van der Waals surface area contributed by atoms with Gasteiger partial charge in [0.2, 0.25) is 5.91 Å². The van der Waals surface area contributed by atoms with Gasteiger partial charge in [0.1, 0.15) is 11.9 Å². The van der Waals surface area contributed by atoms with Crippen LogP contribution in [0, 0.1) is 12.7 Å². The Bertz CT molecular complexity index is 984. The number of amides is 1. The Morgan fingerprint density at radius 3 is 2.63 bits per heavy atom. The lowest BCUT2D eigenvalue weighted by atomic mass is 10.1. The summed E-state index contributed by atoms with van der Waals surface area (Å²) in [5.41, 5.74) is 2.37. The van der Waals surface area contributed by atoms with Crippen molar-refractivity contribution in [3.8, 4) is 10.4 Å². The Morgan fingerprint density at radius 1 is 1.11 bits per heavy atom. The molecule has 1 N–H and O–H groups in total. The topological polar surface area (TPSA) is 40.5 Å². The fourth-order valence-electron chi connectivity index (χ4n) is 3.66. The quantitative estimate of drug-likeness (QED) is 0.684. The molecule has 1 amide bonds. The largest absolute Gasteiger partial charge is 0.385 e. The fourth-order valence-corrected chi connectivity index (χ4v) is 4.74. The summed E-state index contributed by atoms with van der Waals surface area (Å²) in [6.07, 6.45) is 0.213. The first-order valence-corrected chi connectivity index (χ1v) is 9.78. The summed E-state index contributed by atoms with van der Waals surface area (Å²) < 4.78 is 14.1. The predicted molar refractivity (Wildman–Crippen MR) is 106 cm³/mol. The number of hydrogen-bond donors (Lipinski definition) is 1. The van der Waals surface area contributed by atoms with Gasteiger partial charge < -0.3 is 10.0 Å². The number of carbonyl (C=O) groups excluding carboxylic acids is 1. The molecule has 1 aliphatic rings. The molecular formula is C22H20FNO2S. The molecule has 0 aliphatic carbocycles. The molecule has 4 rings (SSSR count). The second kappa shape index (κ2) is 7.25. The lowest BCUT2D eigenvalue weighted by Crippen LogP contribution is -2.37. The van der Waals surface area contributed by atoms with Crippen molar-refractivity contribution in [1.82, 2.24) is 0 Å². The van der Waals surface area contributed by atoms with E-state index in [2.05, 4.69) is 0 Å². The van der Waals surface area contributed by atoms with E-state index in [0.29, 0.717) is 18.4 Å². The van der Waals surface area contributed by atoms with Gasteiger partial charge in [-0.15, -0.1) is 11.3 Å². The lowest BCUT2D eigenvalue weighted by Gasteiger charge is -2.29. The number of aryl methyl sites for hydroxylation is 1. The molecule has 2 atom stereocenters. The maximum absolute atomic E-state index is 14.1. The molecule has 1 aromatic heterocycles. The maximum Gasteiger partial charge on any atom is 0.227 e. The van der Waals surface area contributed by atoms with Crippen LogP contribution in [0.25, 0.3) is 10.4 Å². The van der Waals surface area contributed by atoms with Gasteiger partial charge in [-0.1, -0.05) is 36.4 Å². The highest BCUT2D eigenvalue weighted by atomic mass is 32.1. The molecule has 1 unspecified atom stereocenters. The van der Waals surface area contributed by atoms with Crippen molar-refractivity contribution in [2.75, 3.05) is 4.90 Å². The first-order valence-electron chi connectivity index (χ1n) is 8.96. The third-order valence-corrected chi connectivity index (χ3v) is 6.24. The van der Waals surface area contributed by atoms with E-state index in [1.54, 1.807) is 23.1 Å². The molecule has 2 heterocycles. The van der Waals surface area contributed by atoms with Crippen LogP contribution in [0.3, 0.4) is 0 Å². The number of hydrogen-bond acceptors (Lipinski definition) is 3. The number of carbonyl (C=O) groups is 1. The SMILES string of the molecule is Cc1ccccc1N1C(=O)CC[C@@H]1C(O)c1ccc(-c2ccccc2F)s1. The molecule has 1 saturated heterocycles. The molecule has 3 nitrogen and oxygen atoms in total. The highest BCUT2D eigenvalue weighted by molar-refractivity contribution is 7.15. The normalized spacial score (nSPS) is 18.1. The van der Waals surface area contributed by atoms with Gasteiger partial charge in [-0.05, 0) is 43.2 Å². The Balaban J connectivity index is 1.64. The number of benzene rings is 2. The number of halogens is 1. The summed E-state index contributed by atoms with van der Waals surface area (Å²) in [7, 11) is 0. The molecule has 138 valence electrons. The van der Waals surface area contributed by atoms with E-state index in [1.165, 1.54) is 17.4 Å². The highest BCUT2D eigenvalue weighted by Crippen LogP contribution is 2.39. The van der Waals surface area contributed by atoms with Crippen LogP contribution in [0.2, 0.25) is 0 Å². The fraction of sp³-hybridized carbons (Fsp3) is 0.227. The van der Waals surface area contributed by atoms with Gasteiger partial charge in [-0.2, -0.15) is 0 Å². The number of anilines is 1. The van der Waals surface area contributed by atoms with Crippen molar-refractivity contribution in [2.45, 2.75) is 31.9 Å². The zero-order valence-corrected chi connectivity index (χ0v) is 15.7. The van der Waals surface area contributed by atoms with Crippen molar-refractivity contribution >= 4 is 22.9 Å². The van der Waals surface area contributed by atoms with Crippen LogP contribution in [0.1, 0.15) is 29.4 Å². The van der Waals surface area contributed by atoms with E-state index in [4.69, 9.17) is 0 Å². The Kier molecular flexibility index (Phi) is 4.81. The predicted octanol–water partition coefficient (Wildman–Crippen LogP) is 5.09. The molecule has 1 fully saturated rings. The number of para-hydroxylation sites is 1. The average Bonchev–Trinajstić information content (AvgIpc) is 3.29. The second-order valence-corrected chi connectivity index (χ2v) is 7.90. The van der Waals surface area contributed by atoms with E-state index in [0.717, 1.165) is 21.0 Å². The Labute approximate surface area is 161 Å². The van der Waals surface area contributed by atoms with Crippen LogP contribution >= 0.6 is 11.3 Å². The lowest BCUT2D eigenvalue weighted by molar-refractivity contribution is -0.117. The van der Waals surface area contributed by atoms with Crippen LogP contribution in [0.5, 0.6) is 0 Å². The van der Waals surface area contributed by atoms with Crippen LogP contribution < -0.4 is 4.90 Å². The number of thiophene rings is 1. The standard InChI is InChI=1S/C22H20FNO2S/c1-14-6-2-5-9-17(14)24-18(10-13-21(24)25)22(26)20-12-11-19(27-20)15-7-3-4-8-16(15)23/h2-9,11-12,18,22,26H,10,13H2,1H3/t18-,22?/m1/s1. The van der Waals surface area contributed by atoms with Gasteiger partial charge in [0, 0.05) is 27.4 Å². The minimum absolute atomic E-state index is 0.0271. The first kappa shape index (κ1) is 17.9. The van der Waals surface area contributed by atoms with Gasteiger partial charge in [-0.25, -0.2) is 4.39 Å². The number of rotatable bonds is 4. The van der Waals surface area contributed by atoms with E-state index in [1.807, 2.05) is 43.3 Å². The average molecular weight is 381 g/mol. The molecule has 0 spiro atoms. The highest BCUT2D eigenvalue weighted by Gasteiger charge is 2.38. The van der Waals surface area contributed by atoms with Crippen molar-refractivity contribution in [3.63, 3.8) is 0 Å². The van der Waals surface area contributed by atoms with Gasteiger partial charge in [0.25, 0.3) is 0 Å². The number of aliphatic hydroxyl groups excluding tert-OH is 1. The van der Waals surface area contributed by atoms with Gasteiger partial charge in [0.05, 0.1) is 6.04 Å². The van der Waals surface area contributed by atoms with Crippen molar-refractivity contribution in [3.05, 3.63) is 76.9 Å². The molecule has 0 bridgehead atoms. The number of aliphatic hydroxyl groups is 1. The summed E-state index contributed by atoms with van der Waals surface area (Å²) in [5, 5.41) is 11.0. The molecule has 3 aromatic rings. The zero-order chi connectivity index (χ0) is 19.0. The third-order valence-electron chi connectivity index (χ3n) is 5.05. The third kappa shape index (κ3) is 3.29. The Hall–Kier alpha value is -2.50. The van der Waals surface area contributed by atoms with Crippen LogP contribution in [0.4, 0.5) is 10.1 Å². The minimum Gasteiger partial charge on any atom is -0.385 e. The molecule has 0 saturated carbocycles. The summed E-state index contributed by atoms with van der Waals surface area (Å²) in [6.45, 7) is 1.96. The number of nitrogens with zero attached hydrogens (tertiary/aromatic N) is 1. The van der Waals surface area contributed by atoms with E-state index >= 15 is 0 Å². The Morgan fingerprint density at radius 2 is 1.85 bits per heavy atom. The summed E-state index contributed by atoms with van der Waals surface area (Å²) in [4.78, 5) is 15.8. The molecule has 5 heteroatoms. The van der Waals surface area contributed by atoms with Gasteiger partial charge >= 0.3 is 0 Å². The maximum atomic E-state index is 14.1.